The van der Waals surface area contributed by atoms with Crippen molar-refractivity contribution in [2.75, 3.05) is 0 Å². The molecule has 3 N–H and O–H groups in total. The molecule has 0 saturated heterocycles. The summed E-state index contributed by atoms with van der Waals surface area (Å²) in [7, 11) is 0. The van der Waals surface area contributed by atoms with Gasteiger partial charge in [0.05, 0.1) is 11.1 Å². The van der Waals surface area contributed by atoms with E-state index in [-0.39, 0.29) is 10.8 Å². The van der Waals surface area contributed by atoms with Crippen LogP contribution < -0.4 is 15.9 Å². The number of nitrogens with zero attached hydrogens (tertiary/aromatic N) is 2. The zero-order valence-electron chi connectivity index (χ0n) is 11.6. The van der Waals surface area contributed by atoms with Crippen LogP contribution in [0.15, 0.2) is 52.0 Å². The summed E-state index contributed by atoms with van der Waals surface area (Å²) < 4.78 is 6.64. The van der Waals surface area contributed by atoms with Crippen LogP contribution in [-0.2, 0) is 0 Å². The van der Waals surface area contributed by atoms with Crippen LogP contribution in [0.3, 0.4) is 0 Å². The minimum Gasteiger partial charge on any atom is -0.457 e. The minimum atomic E-state index is -0.498. The van der Waals surface area contributed by atoms with Gasteiger partial charge in [0.25, 0.3) is 5.69 Å². The highest BCUT2D eigenvalue weighted by atomic mass is 79.9. The van der Waals surface area contributed by atoms with Crippen molar-refractivity contribution >= 4 is 45.2 Å². The molecule has 118 valence electrons. The lowest BCUT2D eigenvalue weighted by Crippen LogP contribution is -2.24. The Morgan fingerprint density at radius 1 is 1.35 bits per heavy atom. The second kappa shape index (κ2) is 7.65. The number of thiocarbonyl (C=S) groups is 1. The first-order valence-electron chi connectivity index (χ1n) is 6.26. The van der Waals surface area contributed by atoms with Gasteiger partial charge in [-0.25, -0.2) is 0 Å². The molecule has 2 aromatic carbocycles. The molecule has 23 heavy (non-hydrogen) atoms. The summed E-state index contributed by atoms with van der Waals surface area (Å²) >= 11 is 7.97. The average Bonchev–Trinajstić information content (AvgIpc) is 2.50. The molecule has 0 spiro atoms. The van der Waals surface area contributed by atoms with Gasteiger partial charge in [0, 0.05) is 22.2 Å². The van der Waals surface area contributed by atoms with E-state index in [1.54, 1.807) is 12.1 Å². The highest BCUT2D eigenvalue weighted by Gasteiger charge is 2.11. The summed E-state index contributed by atoms with van der Waals surface area (Å²) in [6, 6.07) is 11.4. The third-order valence-electron chi connectivity index (χ3n) is 2.62. The number of nitro benzene ring substituents is 1. The number of rotatable bonds is 5. The van der Waals surface area contributed by atoms with Crippen molar-refractivity contribution < 1.29 is 9.66 Å². The van der Waals surface area contributed by atoms with Gasteiger partial charge >= 0.3 is 0 Å². The van der Waals surface area contributed by atoms with Crippen LogP contribution in [0, 0.1) is 10.1 Å². The van der Waals surface area contributed by atoms with E-state index in [0.29, 0.717) is 17.1 Å². The van der Waals surface area contributed by atoms with Crippen molar-refractivity contribution in [2.24, 2.45) is 10.8 Å². The molecule has 0 bridgehead atoms. The van der Waals surface area contributed by atoms with E-state index < -0.39 is 4.92 Å². The van der Waals surface area contributed by atoms with Crippen LogP contribution in [0.1, 0.15) is 5.56 Å². The number of non-ortho nitro benzene ring substituents is 1. The Hall–Kier alpha value is -2.52. The van der Waals surface area contributed by atoms with Gasteiger partial charge in [-0.2, -0.15) is 5.10 Å². The van der Waals surface area contributed by atoms with Crippen molar-refractivity contribution in [1.82, 2.24) is 5.43 Å². The van der Waals surface area contributed by atoms with Crippen molar-refractivity contribution in [3.05, 3.63) is 62.6 Å². The quantitative estimate of drug-likeness (QED) is 0.349. The van der Waals surface area contributed by atoms with Gasteiger partial charge in [-0.1, -0.05) is 15.9 Å². The standard InChI is InChI=1S/C14H11BrN4O3S/c15-10-1-4-12(5-2-10)22-13-6-3-11(19(20)21)7-9(13)8-17-18-14(16)23/h1-8H,(H3,16,18,23). The Balaban J connectivity index is 2.32. The molecule has 0 atom stereocenters. The topological polar surface area (TPSA) is 103 Å². The van der Waals surface area contributed by atoms with E-state index in [1.807, 2.05) is 12.1 Å². The van der Waals surface area contributed by atoms with Crippen LogP contribution in [0.4, 0.5) is 5.69 Å². The summed E-state index contributed by atoms with van der Waals surface area (Å²) in [6.45, 7) is 0. The fourth-order valence-electron chi connectivity index (χ4n) is 1.64. The molecule has 0 unspecified atom stereocenters. The van der Waals surface area contributed by atoms with Crippen molar-refractivity contribution in [1.29, 1.82) is 0 Å². The molecule has 0 aliphatic rings. The number of nitrogens with two attached hydrogens (primary N) is 1. The number of benzene rings is 2. The molecule has 0 heterocycles. The van der Waals surface area contributed by atoms with Gasteiger partial charge in [0.15, 0.2) is 5.11 Å². The van der Waals surface area contributed by atoms with Crippen LogP contribution in [0.25, 0.3) is 0 Å². The Morgan fingerprint density at radius 3 is 2.65 bits per heavy atom. The minimum absolute atomic E-state index is 0.0120. The molecule has 0 radical (unpaired) electrons. The molecule has 0 fully saturated rings. The van der Waals surface area contributed by atoms with E-state index in [9.17, 15) is 10.1 Å². The zero-order chi connectivity index (χ0) is 16.8. The molecule has 0 saturated carbocycles. The third kappa shape index (κ3) is 5.01. The van der Waals surface area contributed by atoms with Gasteiger partial charge in [0.2, 0.25) is 0 Å². The van der Waals surface area contributed by atoms with E-state index in [1.165, 1.54) is 24.4 Å². The smallest absolute Gasteiger partial charge is 0.270 e. The number of hydrazone groups is 1. The predicted molar refractivity (Wildman–Crippen MR) is 94.8 cm³/mol. The summed E-state index contributed by atoms with van der Waals surface area (Å²) in [6.07, 6.45) is 1.35. The number of nitrogens with one attached hydrogen (secondary N) is 1. The first-order valence-corrected chi connectivity index (χ1v) is 7.46. The van der Waals surface area contributed by atoms with Crippen LogP contribution in [0.2, 0.25) is 0 Å². The van der Waals surface area contributed by atoms with Gasteiger partial charge in [-0.05, 0) is 42.5 Å². The normalized spacial score (nSPS) is 10.5. The summed E-state index contributed by atoms with van der Waals surface area (Å²) in [5.41, 5.74) is 7.99. The summed E-state index contributed by atoms with van der Waals surface area (Å²) in [5, 5.41) is 14.7. The van der Waals surface area contributed by atoms with E-state index in [4.69, 9.17) is 10.5 Å². The second-order valence-electron chi connectivity index (χ2n) is 4.27. The number of nitro groups is 1. The fraction of sp³-hybridized carbons (Fsp3) is 0. The highest BCUT2D eigenvalue weighted by Crippen LogP contribution is 2.28. The lowest BCUT2D eigenvalue weighted by molar-refractivity contribution is -0.384. The Kier molecular flexibility index (Phi) is 5.61. The Bertz CT molecular complexity index is 765. The molecular formula is C14H11BrN4O3S. The Morgan fingerprint density at radius 2 is 2.04 bits per heavy atom. The Labute approximate surface area is 145 Å². The zero-order valence-corrected chi connectivity index (χ0v) is 14.0. The SMILES string of the molecule is NC(=S)NN=Cc1cc([N+](=O)[O-])ccc1Oc1ccc(Br)cc1. The van der Waals surface area contributed by atoms with Gasteiger partial charge < -0.3 is 10.5 Å². The van der Waals surface area contributed by atoms with Crippen molar-refractivity contribution in [2.45, 2.75) is 0 Å². The maximum absolute atomic E-state index is 10.9. The lowest BCUT2D eigenvalue weighted by Gasteiger charge is -2.08. The fourth-order valence-corrected chi connectivity index (χ4v) is 1.96. The van der Waals surface area contributed by atoms with Gasteiger partial charge in [0.1, 0.15) is 11.5 Å². The first-order chi connectivity index (χ1) is 11.0. The molecule has 2 rings (SSSR count). The van der Waals surface area contributed by atoms with Crippen LogP contribution in [-0.4, -0.2) is 16.3 Å². The van der Waals surface area contributed by atoms with E-state index >= 15 is 0 Å². The van der Waals surface area contributed by atoms with Gasteiger partial charge in [-0.3, -0.25) is 15.5 Å². The van der Waals surface area contributed by atoms with Gasteiger partial charge in [-0.15, -0.1) is 0 Å². The maximum atomic E-state index is 10.9. The number of halogens is 1. The third-order valence-corrected chi connectivity index (χ3v) is 3.24. The number of hydrogen-bond donors (Lipinski definition) is 2. The van der Waals surface area contributed by atoms with E-state index in [0.717, 1.165) is 4.47 Å². The molecule has 0 aliphatic carbocycles. The molecule has 7 nitrogen and oxygen atoms in total. The molecule has 0 aliphatic heterocycles. The predicted octanol–water partition coefficient (Wildman–Crippen LogP) is 3.32. The van der Waals surface area contributed by atoms with E-state index in [2.05, 4.69) is 38.7 Å². The average molecular weight is 395 g/mol. The monoisotopic (exact) mass is 394 g/mol. The second-order valence-corrected chi connectivity index (χ2v) is 5.62. The molecule has 9 heteroatoms. The lowest BCUT2D eigenvalue weighted by atomic mass is 10.2. The van der Waals surface area contributed by atoms with Crippen LogP contribution >= 0.6 is 28.1 Å². The highest BCUT2D eigenvalue weighted by molar-refractivity contribution is 9.10. The largest absolute Gasteiger partial charge is 0.457 e. The molecule has 0 aromatic heterocycles. The summed E-state index contributed by atoms with van der Waals surface area (Å²) in [5.74, 6) is 0.991. The molecular weight excluding hydrogens is 384 g/mol. The maximum Gasteiger partial charge on any atom is 0.270 e. The summed E-state index contributed by atoms with van der Waals surface area (Å²) in [4.78, 5) is 10.4. The van der Waals surface area contributed by atoms with Crippen LogP contribution in [0.5, 0.6) is 11.5 Å². The number of ether oxygens (including phenoxy) is 1. The molecule has 0 amide bonds. The number of hydrogen-bond acceptors (Lipinski definition) is 5. The van der Waals surface area contributed by atoms with Crippen molar-refractivity contribution in [3.63, 3.8) is 0 Å². The molecule has 2 aromatic rings. The van der Waals surface area contributed by atoms with Crippen molar-refractivity contribution in [3.8, 4) is 11.5 Å². The first kappa shape index (κ1) is 16.8.